The molecule has 0 aliphatic carbocycles. The third-order valence-corrected chi connectivity index (χ3v) is 5.61. The van der Waals surface area contributed by atoms with Gasteiger partial charge >= 0.3 is 0 Å². The maximum atomic E-state index is 5.76. The first-order chi connectivity index (χ1) is 15.5. The van der Waals surface area contributed by atoms with Crippen LogP contribution in [0.3, 0.4) is 0 Å². The van der Waals surface area contributed by atoms with Crippen LogP contribution in [0.2, 0.25) is 0 Å². The fraction of sp³-hybridized carbons (Fsp3) is 0.571. The molecule has 0 radical (unpaired) electrons. The number of ether oxygens (including phenoxy) is 1. The Morgan fingerprint density at radius 3 is 2.34 bits per heavy atom. The van der Waals surface area contributed by atoms with Crippen LogP contribution in [-0.2, 0) is 0 Å². The molecular formula is C28H46N2OS. The largest absolute Gasteiger partial charge is 0.494 e. The molecule has 0 amide bonds. The van der Waals surface area contributed by atoms with Crippen molar-refractivity contribution in [2.24, 2.45) is 0 Å². The zero-order valence-corrected chi connectivity index (χ0v) is 22.4. The van der Waals surface area contributed by atoms with Crippen molar-refractivity contribution in [3.8, 4) is 30.9 Å². The molecule has 180 valence electrons. The van der Waals surface area contributed by atoms with Gasteiger partial charge in [-0.1, -0.05) is 33.4 Å². The molecule has 1 saturated heterocycles. The van der Waals surface area contributed by atoms with E-state index in [1.54, 1.807) is 6.92 Å². The number of piperidine rings is 1. The standard InChI is InChI=1S/C21H34N2OS.C3H4.C2H6.C2H2/c1-6-13-24-20-7-8-21(16(2)14-20)18(4)23-11-9-19(10-12-23)22-17(3)15-25-5;1-3-2;2*1-2/h7-8,14,18-19,22H,3,6,9-13,15H2,1-2,4-5H3;1H,2H3;1-2H3;1-2H. The van der Waals surface area contributed by atoms with Gasteiger partial charge in [-0.3, -0.25) is 4.90 Å². The Kier molecular flexibility index (Phi) is 21.0. The van der Waals surface area contributed by atoms with E-state index in [0.29, 0.717) is 12.1 Å². The van der Waals surface area contributed by atoms with E-state index in [0.717, 1.165) is 43.3 Å². The van der Waals surface area contributed by atoms with Crippen molar-refractivity contribution in [1.82, 2.24) is 10.2 Å². The summed E-state index contributed by atoms with van der Waals surface area (Å²) in [5, 5.41) is 3.60. The van der Waals surface area contributed by atoms with Gasteiger partial charge in [-0.25, -0.2) is 0 Å². The topological polar surface area (TPSA) is 24.5 Å². The van der Waals surface area contributed by atoms with Gasteiger partial charge in [0, 0.05) is 36.6 Å². The third-order valence-electron chi connectivity index (χ3n) is 4.97. The molecule has 0 spiro atoms. The van der Waals surface area contributed by atoms with Crippen LogP contribution in [-0.4, -0.2) is 42.6 Å². The molecule has 1 fully saturated rings. The molecule has 1 aliphatic heterocycles. The number of nitrogens with zero attached hydrogens (tertiary/aromatic N) is 1. The predicted octanol–water partition coefficient (Wildman–Crippen LogP) is 6.69. The molecule has 0 bridgehead atoms. The first-order valence-electron chi connectivity index (χ1n) is 11.6. The van der Waals surface area contributed by atoms with Crippen LogP contribution in [0.15, 0.2) is 30.5 Å². The van der Waals surface area contributed by atoms with E-state index in [1.807, 2.05) is 25.6 Å². The average molecular weight is 459 g/mol. The fourth-order valence-electron chi connectivity index (χ4n) is 3.56. The van der Waals surface area contributed by atoms with Crippen LogP contribution in [0.25, 0.3) is 0 Å². The maximum absolute atomic E-state index is 5.76. The summed E-state index contributed by atoms with van der Waals surface area (Å²) in [5.74, 6) is 4.24. The molecule has 32 heavy (non-hydrogen) atoms. The highest BCUT2D eigenvalue weighted by atomic mass is 32.2. The Hall–Kier alpha value is -2.01. The summed E-state index contributed by atoms with van der Waals surface area (Å²) in [5.41, 5.74) is 3.91. The summed E-state index contributed by atoms with van der Waals surface area (Å²) in [7, 11) is 0. The second-order valence-electron chi connectivity index (χ2n) is 7.32. The van der Waals surface area contributed by atoms with E-state index in [9.17, 15) is 0 Å². The SMILES string of the molecule is C#C.C#CC.C=C(CSC)NC1CCN(C(C)c2ccc(OCCC)cc2C)CC1.CC. The molecule has 0 aromatic heterocycles. The number of benzene rings is 1. The van der Waals surface area contributed by atoms with Crippen LogP contribution in [0, 0.1) is 32.1 Å². The van der Waals surface area contributed by atoms with Crippen molar-refractivity contribution in [2.45, 2.75) is 72.9 Å². The Labute approximate surface area is 203 Å². The van der Waals surface area contributed by atoms with Crippen LogP contribution in [0.5, 0.6) is 5.75 Å². The first kappa shape index (κ1) is 32.2. The van der Waals surface area contributed by atoms with Crippen molar-refractivity contribution >= 4 is 11.8 Å². The lowest BCUT2D eigenvalue weighted by Crippen LogP contribution is -2.43. The average Bonchev–Trinajstić information content (AvgIpc) is 2.81. The lowest BCUT2D eigenvalue weighted by molar-refractivity contribution is 0.155. The highest BCUT2D eigenvalue weighted by molar-refractivity contribution is 7.98. The highest BCUT2D eigenvalue weighted by Gasteiger charge is 2.24. The summed E-state index contributed by atoms with van der Waals surface area (Å²) >= 11 is 1.83. The van der Waals surface area contributed by atoms with Crippen molar-refractivity contribution in [3.63, 3.8) is 0 Å². The summed E-state index contributed by atoms with van der Waals surface area (Å²) in [4.78, 5) is 2.60. The monoisotopic (exact) mass is 458 g/mol. The van der Waals surface area contributed by atoms with Gasteiger partial charge in [0.05, 0.1) is 6.61 Å². The van der Waals surface area contributed by atoms with Crippen LogP contribution in [0.4, 0.5) is 0 Å². The molecule has 1 aromatic carbocycles. The van der Waals surface area contributed by atoms with Gasteiger partial charge in [-0.15, -0.1) is 25.2 Å². The highest BCUT2D eigenvalue weighted by Crippen LogP contribution is 2.29. The summed E-state index contributed by atoms with van der Waals surface area (Å²) in [6, 6.07) is 7.58. The molecule has 1 heterocycles. The van der Waals surface area contributed by atoms with Crippen LogP contribution >= 0.6 is 11.8 Å². The maximum Gasteiger partial charge on any atom is 0.119 e. The van der Waals surface area contributed by atoms with Gasteiger partial charge < -0.3 is 10.1 Å². The van der Waals surface area contributed by atoms with E-state index in [2.05, 4.69) is 87.2 Å². The Morgan fingerprint density at radius 2 is 1.88 bits per heavy atom. The number of likely N-dealkylation sites (tertiary alicyclic amines) is 1. The second kappa shape index (κ2) is 20.9. The van der Waals surface area contributed by atoms with Crippen molar-refractivity contribution in [1.29, 1.82) is 0 Å². The van der Waals surface area contributed by atoms with Crippen LogP contribution < -0.4 is 10.1 Å². The van der Waals surface area contributed by atoms with Gasteiger partial charge in [0.25, 0.3) is 0 Å². The molecule has 2 rings (SSSR count). The normalized spacial score (nSPS) is 14.0. The van der Waals surface area contributed by atoms with E-state index < -0.39 is 0 Å². The summed E-state index contributed by atoms with van der Waals surface area (Å²) in [6.07, 6.45) is 18.1. The zero-order chi connectivity index (χ0) is 24.9. The Bertz CT molecular complexity index is 670. The molecule has 1 unspecified atom stereocenters. The number of thioether (sulfide) groups is 1. The fourth-order valence-corrected chi connectivity index (χ4v) is 3.99. The molecule has 0 saturated carbocycles. The Morgan fingerprint density at radius 1 is 1.31 bits per heavy atom. The van der Waals surface area contributed by atoms with E-state index >= 15 is 0 Å². The molecule has 1 aliphatic rings. The number of rotatable bonds is 9. The molecule has 1 aromatic rings. The minimum absolute atomic E-state index is 0.454. The number of terminal acetylenes is 2. The zero-order valence-electron chi connectivity index (χ0n) is 21.5. The van der Waals surface area contributed by atoms with E-state index in [-0.39, 0.29) is 0 Å². The Balaban J connectivity index is 0. The number of aryl methyl sites for hydroxylation is 1. The molecule has 1 N–H and O–H groups in total. The van der Waals surface area contributed by atoms with Crippen molar-refractivity contribution < 1.29 is 4.74 Å². The predicted molar refractivity (Wildman–Crippen MR) is 146 cm³/mol. The van der Waals surface area contributed by atoms with E-state index in [1.165, 1.54) is 24.0 Å². The van der Waals surface area contributed by atoms with Gasteiger partial charge in [-0.2, -0.15) is 11.8 Å². The molecule has 4 heteroatoms. The molecule has 1 atom stereocenters. The van der Waals surface area contributed by atoms with Crippen LogP contribution in [0.1, 0.15) is 71.0 Å². The van der Waals surface area contributed by atoms with Gasteiger partial charge in [0.2, 0.25) is 0 Å². The quantitative estimate of drug-likeness (QED) is 0.417. The molecule has 3 nitrogen and oxygen atoms in total. The first-order valence-corrected chi connectivity index (χ1v) is 13.0. The summed E-state index contributed by atoms with van der Waals surface area (Å²) in [6.45, 7) is 19.5. The minimum Gasteiger partial charge on any atom is -0.494 e. The van der Waals surface area contributed by atoms with Gasteiger partial charge in [0.15, 0.2) is 0 Å². The number of nitrogens with one attached hydrogen (secondary N) is 1. The van der Waals surface area contributed by atoms with Crippen molar-refractivity contribution in [2.75, 3.05) is 31.7 Å². The smallest absolute Gasteiger partial charge is 0.119 e. The lowest BCUT2D eigenvalue weighted by atomic mass is 9.97. The minimum atomic E-state index is 0.454. The van der Waals surface area contributed by atoms with E-state index in [4.69, 9.17) is 4.74 Å². The molecular weight excluding hydrogens is 412 g/mol. The number of hydrogen-bond acceptors (Lipinski definition) is 4. The second-order valence-corrected chi connectivity index (χ2v) is 8.19. The van der Waals surface area contributed by atoms with Gasteiger partial charge in [-0.05, 0) is 69.5 Å². The van der Waals surface area contributed by atoms with Crippen molar-refractivity contribution in [3.05, 3.63) is 41.6 Å². The lowest BCUT2D eigenvalue weighted by Gasteiger charge is -2.37. The van der Waals surface area contributed by atoms with Gasteiger partial charge in [0.1, 0.15) is 5.75 Å². The summed E-state index contributed by atoms with van der Waals surface area (Å²) < 4.78 is 5.76. The number of hydrogen-bond donors (Lipinski definition) is 1. The third kappa shape index (κ3) is 12.7.